The molecular formula is C21H22N4O. The number of hydrogen-bond donors (Lipinski definition) is 2. The summed E-state index contributed by atoms with van der Waals surface area (Å²) < 4.78 is 0. The number of rotatable bonds is 6. The van der Waals surface area contributed by atoms with E-state index in [0.29, 0.717) is 18.1 Å². The molecule has 0 radical (unpaired) electrons. The molecule has 2 N–H and O–H groups in total. The first-order valence-electron chi connectivity index (χ1n) is 8.65. The zero-order chi connectivity index (χ0) is 18.4. The highest BCUT2D eigenvalue weighted by atomic mass is 16.1. The van der Waals surface area contributed by atoms with Gasteiger partial charge in [0.15, 0.2) is 11.5 Å². The molecule has 0 unspecified atom stereocenters. The molecule has 0 spiro atoms. The monoisotopic (exact) mass is 346 g/mol. The molecule has 0 atom stereocenters. The fourth-order valence-corrected chi connectivity index (χ4v) is 2.58. The van der Waals surface area contributed by atoms with Crippen molar-refractivity contribution in [3.63, 3.8) is 0 Å². The number of carbonyl (C=O) groups excluding carboxylic acids is 1. The Bertz CT molecular complexity index is 864. The number of nitrogens with zero attached hydrogens (tertiary/aromatic N) is 2. The molecule has 0 saturated carbocycles. The number of amides is 1. The summed E-state index contributed by atoms with van der Waals surface area (Å²) in [5.74, 6) is 0.651. The maximum atomic E-state index is 12.4. The van der Waals surface area contributed by atoms with Crippen molar-refractivity contribution in [1.29, 1.82) is 0 Å². The molecule has 5 heteroatoms. The summed E-state index contributed by atoms with van der Waals surface area (Å²) in [6.45, 7) is 4.60. The molecule has 3 rings (SSSR count). The maximum absolute atomic E-state index is 12.4. The predicted octanol–water partition coefficient (Wildman–Crippen LogP) is 4.27. The number of benzene rings is 2. The molecular weight excluding hydrogens is 324 g/mol. The number of anilines is 2. The molecule has 5 nitrogen and oxygen atoms in total. The molecule has 26 heavy (non-hydrogen) atoms. The molecule has 0 saturated heterocycles. The van der Waals surface area contributed by atoms with Crippen molar-refractivity contribution < 1.29 is 4.79 Å². The van der Waals surface area contributed by atoms with Crippen molar-refractivity contribution in [2.45, 2.75) is 26.3 Å². The maximum Gasteiger partial charge on any atom is 0.272 e. The molecule has 2 aromatic carbocycles. The van der Waals surface area contributed by atoms with Crippen LogP contribution in [0.25, 0.3) is 0 Å². The van der Waals surface area contributed by atoms with Crippen molar-refractivity contribution in [1.82, 2.24) is 15.5 Å². The molecule has 3 aromatic rings. The smallest absolute Gasteiger partial charge is 0.272 e. The second kappa shape index (κ2) is 8.25. The summed E-state index contributed by atoms with van der Waals surface area (Å²) >= 11 is 0. The number of hydrogen-bond acceptors (Lipinski definition) is 4. The minimum Gasteiger partial charge on any atom is -0.347 e. The summed E-state index contributed by atoms with van der Waals surface area (Å²) in [6.07, 6.45) is 0. The van der Waals surface area contributed by atoms with Gasteiger partial charge < -0.3 is 10.6 Å². The molecule has 0 bridgehead atoms. The Morgan fingerprint density at radius 2 is 1.62 bits per heavy atom. The van der Waals surface area contributed by atoms with E-state index in [2.05, 4.69) is 34.7 Å². The topological polar surface area (TPSA) is 66.9 Å². The zero-order valence-corrected chi connectivity index (χ0v) is 14.9. The second-order valence-corrected chi connectivity index (χ2v) is 6.35. The third-order valence-corrected chi connectivity index (χ3v) is 4.01. The molecule has 0 aliphatic heterocycles. The fourth-order valence-electron chi connectivity index (χ4n) is 2.58. The molecule has 0 aliphatic carbocycles. The third kappa shape index (κ3) is 4.45. The lowest BCUT2D eigenvalue weighted by molar-refractivity contribution is 0.0945. The van der Waals surface area contributed by atoms with Gasteiger partial charge in [0.05, 0.1) is 0 Å². The van der Waals surface area contributed by atoms with Crippen LogP contribution in [-0.2, 0) is 6.54 Å². The van der Waals surface area contributed by atoms with E-state index in [9.17, 15) is 4.79 Å². The fraction of sp³-hybridized carbons (Fsp3) is 0.190. The number of aromatic nitrogens is 2. The van der Waals surface area contributed by atoms with E-state index < -0.39 is 0 Å². The quantitative estimate of drug-likeness (QED) is 0.699. The van der Waals surface area contributed by atoms with E-state index in [4.69, 9.17) is 0 Å². The van der Waals surface area contributed by atoms with Crippen LogP contribution in [0.2, 0.25) is 0 Å². The zero-order valence-electron chi connectivity index (χ0n) is 14.9. The highest BCUT2D eigenvalue weighted by molar-refractivity contribution is 5.92. The summed E-state index contributed by atoms with van der Waals surface area (Å²) in [5.41, 5.74) is 3.25. The Morgan fingerprint density at radius 3 is 2.27 bits per heavy atom. The van der Waals surface area contributed by atoms with Gasteiger partial charge in [-0.05, 0) is 29.7 Å². The molecule has 1 amide bonds. The van der Waals surface area contributed by atoms with Crippen LogP contribution in [0.15, 0.2) is 66.7 Å². The molecule has 1 aromatic heterocycles. The van der Waals surface area contributed by atoms with Crippen LogP contribution in [-0.4, -0.2) is 16.1 Å². The van der Waals surface area contributed by atoms with E-state index in [-0.39, 0.29) is 11.8 Å². The van der Waals surface area contributed by atoms with Gasteiger partial charge in [-0.25, -0.2) is 0 Å². The Balaban J connectivity index is 1.76. The Hall–Kier alpha value is -3.21. The van der Waals surface area contributed by atoms with Crippen molar-refractivity contribution >= 4 is 17.4 Å². The molecule has 1 heterocycles. The van der Waals surface area contributed by atoms with Gasteiger partial charge >= 0.3 is 0 Å². The minimum absolute atomic E-state index is 0.206. The van der Waals surface area contributed by atoms with Crippen molar-refractivity contribution in [2.24, 2.45) is 0 Å². The van der Waals surface area contributed by atoms with Gasteiger partial charge in [0, 0.05) is 17.8 Å². The standard InChI is InChI=1S/C21H22N4O/c1-15(2)18-13-19(21(26)22-14-16-9-5-3-6-10-16)24-25-20(18)23-17-11-7-4-8-12-17/h3-13,15H,14H2,1-2H3,(H,22,26)(H,23,25). The van der Waals surface area contributed by atoms with Gasteiger partial charge in [-0.3, -0.25) is 4.79 Å². The normalized spacial score (nSPS) is 10.6. The van der Waals surface area contributed by atoms with E-state index >= 15 is 0 Å². The Kier molecular flexibility index (Phi) is 5.59. The van der Waals surface area contributed by atoms with Gasteiger partial charge in [-0.1, -0.05) is 62.4 Å². The van der Waals surface area contributed by atoms with Crippen LogP contribution in [0.4, 0.5) is 11.5 Å². The molecule has 0 aliphatic rings. The third-order valence-electron chi connectivity index (χ3n) is 4.01. The first kappa shape index (κ1) is 17.6. The lowest BCUT2D eigenvalue weighted by Gasteiger charge is -2.14. The molecule has 0 fully saturated rings. The average molecular weight is 346 g/mol. The molecule has 132 valence electrons. The lowest BCUT2D eigenvalue weighted by Crippen LogP contribution is -2.24. The highest BCUT2D eigenvalue weighted by Crippen LogP contribution is 2.25. The largest absolute Gasteiger partial charge is 0.347 e. The van der Waals surface area contributed by atoms with Crippen molar-refractivity contribution in [3.05, 3.63) is 83.6 Å². The van der Waals surface area contributed by atoms with Crippen LogP contribution < -0.4 is 10.6 Å². The summed E-state index contributed by atoms with van der Waals surface area (Å²) in [5, 5.41) is 14.5. The second-order valence-electron chi connectivity index (χ2n) is 6.35. The number of carbonyl (C=O) groups is 1. The number of para-hydroxylation sites is 1. The van der Waals surface area contributed by atoms with E-state index in [1.165, 1.54) is 0 Å². The Labute approximate surface area is 153 Å². The van der Waals surface area contributed by atoms with Gasteiger partial charge in [0.25, 0.3) is 5.91 Å². The van der Waals surface area contributed by atoms with Gasteiger partial charge in [-0.2, -0.15) is 0 Å². The summed E-state index contributed by atoms with van der Waals surface area (Å²) in [7, 11) is 0. The van der Waals surface area contributed by atoms with Crippen LogP contribution in [0.5, 0.6) is 0 Å². The van der Waals surface area contributed by atoms with Gasteiger partial charge in [0.1, 0.15) is 0 Å². The highest BCUT2D eigenvalue weighted by Gasteiger charge is 2.15. The SMILES string of the molecule is CC(C)c1cc(C(=O)NCc2ccccc2)nnc1Nc1ccccc1. The van der Waals surface area contributed by atoms with Crippen molar-refractivity contribution in [3.8, 4) is 0 Å². The van der Waals surface area contributed by atoms with Crippen LogP contribution >= 0.6 is 0 Å². The van der Waals surface area contributed by atoms with Crippen LogP contribution in [0.3, 0.4) is 0 Å². The average Bonchev–Trinajstić information content (AvgIpc) is 2.68. The van der Waals surface area contributed by atoms with Crippen LogP contribution in [0, 0.1) is 0 Å². The predicted molar refractivity (Wildman–Crippen MR) is 103 cm³/mol. The minimum atomic E-state index is -0.227. The Morgan fingerprint density at radius 1 is 0.962 bits per heavy atom. The van der Waals surface area contributed by atoms with E-state index in [0.717, 1.165) is 16.8 Å². The van der Waals surface area contributed by atoms with Crippen LogP contribution in [0.1, 0.15) is 41.4 Å². The first-order valence-corrected chi connectivity index (χ1v) is 8.65. The summed E-state index contributed by atoms with van der Waals surface area (Å²) in [6, 6.07) is 21.4. The lowest BCUT2D eigenvalue weighted by atomic mass is 10.0. The van der Waals surface area contributed by atoms with E-state index in [1.807, 2.05) is 66.7 Å². The number of nitrogens with one attached hydrogen (secondary N) is 2. The van der Waals surface area contributed by atoms with Gasteiger partial charge in [-0.15, -0.1) is 10.2 Å². The van der Waals surface area contributed by atoms with Gasteiger partial charge in [0.2, 0.25) is 0 Å². The summed E-state index contributed by atoms with van der Waals surface area (Å²) in [4.78, 5) is 12.4. The van der Waals surface area contributed by atoms with E-state index in [1.54, 1.807) is 0 Å². The van der Waals surface area contributed by atoms with Crippen molar-refractivity contribution in [2.75, 3.05) is 5.32 Å². The first-order chi connectivity index (χ1) is 12.6.